The molecule has 1 aliphatic rings. The molecule has 1 fully saturated rings. The molecule has 3 aromatic rings. The Kier molecular flexibility index (Phi) is 7.53. The molecule has 2 N–H and O–H groups in total. The topological polar surface area (TPSA) is 78.5 Å². The Hall–Kier alpha value is -3.32. The van der Waals surface area contributed by atoms with E-state index in [4.69, 9.17) is 0 Å². The van der Waals surface area contributed by atoms with Gasteiger partial charge in [-0.05, 0) is 54.8 Å². The maximum Gasteiger partial charge on any atom is 0.229 e. The SMILES string of the molecule is CS(=O)(=O)Nc1ccc(N(c2ccccc2)C(CNC(=O)C2CCCC2)c2ccccc2)cc1. The zero-order chi connectivity index (χ0) is 24.0. The fourth-order valence-corrected chi connectivity index (χ4v) is 5.13. The number of anilines is 3. The molecule has 0 aliphatic heterocycles. The van der Waals surface area contributed by atoms with Crippen molar-refractivity contribution < 1.29 is 13.2 Å². The van der Waals surface area contributed by atoms with Crippen LogP contribution < -0.4 is 14.9 Å². The number of carbonyl (C=O) groups excluding carboxylic acids is 1. The molecule has 0 radical (unpaired) electrons. The van der Waals surface area contributed by atoms with Crippen molar-refractivity contribution in [2.75, 3.05) is 22.4 Å². The van der Waals surface area contributed by atoms with E-state index in [-0.39, 0.29) is 17.9 Å². The first-order valence-electron chi connectivity index (χ1n) is 11.7. The van der Waals surface area contributed by atoms with Crippen molar-refractivity contribution in [2.45, 2.75) is 31.7 Å². The highest BCUT2D eigenvalue weighted by Crippen LogP contribution is 2.36. The van der Waals surface area contributed by atoms with Gasteiger partial charge in [-0.15, -0.1) is 0 Å². The quantitative estimate of drug-likeness (QED) is 0.442. The number of nitrogens with zero attached hydrogens (tertiary/aromatic N) is 1. The van der Waals surface area contributed by atoms with Gasteiger partial charge in [0.1, 0.15) is 0 Å². The minimum Gasteiger partial charge on any atom is -0.353 e. The van der Waals surface area contributed by atoms with Crippen molar-refractivity contribution in [1.29, 1.82) is 0 Å². The third kappa shape index (κ3) is 6.17. The van der Waals surface area contributed by atoms with Crippen molar-refractivity contribution in [3.05, 3.63) is 90.5 Å². The second-order valence-electron chi connectivity index (χ2n) is 8.78. The minimum absolute atomic E-state index is 0.1000. The summed E-state index contributed by atoms with van der Waals surface area (Å²) in [5.41, 5.74) is 3.46. The lowest BCUT2D eigenvalue weighted by Gasteiger charge is -2.35. The van der Waals surface area contributed by atoms with Crippen LogP contribution in [0.25, 0.3) is 0 Å². The van der Waals surface area contributed by atoms with Crippen LogP contribution in [0.3, 0.4) is 0 Å². The van der Waals surface area contributed by atoms with Crippen LogP contribution in [0.4, 0.5) is 17.1 Å². The Morgan fingerprint density at radius 2 is 1.44 bits per heavy atom. The van der Waals surface area contributed by atoms with E-state index in [1.807, 2.05) is 60.7 Å². The standard InChI is InChI=1S/C27H31N3O3S/c1-34(32,33)29-23-16-18-25(19-17-23)30(24-14-6-3-7-15-24)26(21-10-4-2-5-11-21)20-28-27(31)22-12-8-9-13-22/h2-7,10-11,14-19,22,26,29H,8-9,12-13,20H2,1H3,(H,28,31). The monoisotopic (exact) mass is 477 g/mol. The number of benzene rings is 3. The van der Waals surface area contributed by atoms with Gasteiger partial charge in [-0.1, -0.05) is 61.4 Å². The summed E-state index contributed by atoms with van der Waals surface area (Å²) < 4.78 is 25.8. The van der Waals surface area contributed by atoms with Crippen molar-refractivity contribution in [3.8, 4) is 0 Å². The molecule has 1 aliphatic carbocycles. The van der Waals surface area contributed by atoms with Crippen molar-refractivity contribution in [2.24, 2.45) is 5.92 Å². The number of rotatable bonds is 9. The first kappa shape index (κ1) is 23.8. The Morgan fingerprint density at radius 3 is 2.03 bits per heavy atom. The van der Waals surface area contributed by atoms with Crippen molar-refractivity contribution >= 4 is 33.0 Å². The average molecular weight is 478 g/mol. The van der Waals surface area contributed by atoms with Gasteiger partial charge in [0.05, 0.1) is 12.3 Å². The highest BCUT2D eigenvalue weighted by Gasteiger charge is 2.27. The summed E-state index contributed by atoms with van der Waals surface area (Å²) in [7, 11) is -3.36. The Bertz CT molecular complexity index is 1180. The number of carbonyl (C=O) groups is 1. The van der Waals surface area contributed by atoms with E-state index in [9.17, 15) is 13.2 Å². The molecule has 34 heavy (non-hydrogen) atoms. The molecule has 4 rings (SSSR count). The van der Waals surface area contributed by atoms with Gasteiger partial charge < -0.3 is 10.2 Å². The van der Waals surface area contributed by atoms with Crippen LogP contribution in [0.5, 0.6) is 0 Å². The van der Waals surface area contributed by atoms with Crippen LogP contribution in [0.1, 0.15) is 37.3 Å². The molecule has 1 amide bonds. The van der Waals surface area contributed by atoms with Crippen LogP contribution in [0.15, 0.2) is 84.9 Å². The van der Waals surface area contributed by atoms with Gasteiger partial charge in [0.15, 0.2) is 0 Å². The second-order valence-corrected chi connectivity index (χ2v) is 10.5. The fraction of sp³-hybridized carbons (Fsp3) is 0.296. The number of hydrogen-bond acceptors (Lipinski definition) is 4. The maximum absolute atomic E-state index is 12.9. The van der Waals surface area contributed by atoms with E-state index in [0.29, 0.717) is 12.2 Å². The van der Waals surface area contributed by atoms with E-state index in [2.05, 4.69) is 27.1 Å². The fourth-order valence-electron chi connectivity index (χ4n) is 4.56. The number of sulfonamides is 1. The summed E-state index contributed by atoms with van der Waals surface area (Å²) in [6, 6.07) is 27.3. The summed E-state index contributed by atoms with van der Waals surface area (Å²) in [5, 5.41) is 3.21. The molecule has 0 heterocycles. The first-order valence-corrected chi connectivity index (χ1v) is 13.5. The predicted octanol–water partition coefficient (Wildman–Crippen LogP) is 5.24. The molecule has 0 spiro atoms. The predicted molar refractivity (Wildman–Crippen MR) is 138 cm³/mol. The lowest BCUT2D eigenvalue weighted by atomic mass is 10.0. The molecule has 0 saturated heterocycles. The van der Waals surface area contributed by atoms with Crippen molar-refractivity contribution in [1.82, 2.24) is 5.32 Å². The summed E-state index contributed by atoms with van der Waals surface area (Å²) in [6.45, 7) is 0.456. The zero-order valence-corrected chi connectivity index (χ0v) is 20.2. The summed E-state index contributed by atoms with van der Waals surface area (Å²) in [6.07, 6.45) is 5.28. The van der Waals surface area contributed by atoms with E-state index in [1.165, 1.54) is 0 Å². The van der Waals surface area contributed by atoms with Crippen LogP contribution in [-0.4, -0.2) is 27.1 Å². The number of amides is 1. The summed E-state index contributed by atoms with van der Waals surface area (Å²) in [4.78, 5) is 15.0. The highest BCUT2D eigenvalue weighted by atomic mass is 32.2. The van der Waals surface area contributed by atoms with Crippen molar-refractivity contribution in [3.63, 3.8) is 0 Å². The zero-order valence-electron chi connectivity index (χ0n) is 19.4. The molecule has 6 nitrogen and oxygen atoms in total. The smallest absolute Gasteiger partial charge is 0.229 e. The molecule has 1 unspecified atom stereocenters. The van der Waals surface area contributed by atoms with Gasteiger partial charge in [0.25, 0.3) is 0 Å². The maximum atomic E-state index is 12.9. The molecule has 0 bridgehead atoms. The Balaban J connectivity index is 1.69. The summed E-state index contributed by atoms with van der Waals surface area (Å²) in [5.74, 6) is 0.224. The molecular weight excluding hydrogens is 446 g/mol. The third-order valence-corrected chi connectivity index (χ3v) is 6.78. The molecule has 1 saturated carbocycles. The van der Waals surface area contributed by atoms with Gasteiger partial charge in [-0.25, -0.2) is 8.42 Å². The van der Waals surface area contributed by atoms with Gasteiger partial charge >= 0.3 is 0 Å². The molecule has 3 aromatic carbocycles. The lowest BCUT2D eigenvalue weighted by Crippen LogP contribution is -2.38. The van der Waals surface area contributed by atoms with Crippen LogP contribution >= 0.6 is 0 Å². The van der Waals surface area contributed by atoms with Crippen LogP contribution in [0, 0.1) is 5.92 Å². The largest absolute Gasteiger partial charge is 0.353 e. The van der Waals surface area contributed by atoms with E-state index >= 15 is 0 Å². The molecule has 1 atom stereocenters. The Morgan fingerprint density at radius 1 is 0.882 bits per heavy atom. The Labute approximate surface area is 202 Å². The lowest BCUT2D eigenvalue weighted by molar-refractivity contribution is -0.124. The van der Waals surface area contributed by atoms with E-state index in [0.717, 1.165) is 48.9 Å². The molecule has 7 heteroatoms. The van der Waals surface area contributed by atoms with Gasteiger partial charge in [-0.3, -0.25) is 9.52 Å². The van der Waals surface area contributed by atoms with Gasteiger partial charge in [-0.2, -0.15) is 0 Å². The summed E-state index contributed by atoms with van der Waals surface area (Å²) >= 11 is 0. The molecular formula is C27H31N3O3S. The molecule has 0 aromatic heterocycles. The third-order valence-electron chi connectivity index (χ3n) is 6.17. The number of nitrogens with one attached hydrogen (secondary N) is 2. The highest BCUT2D eigenvalue weighted by molar-refractivity contribution is 7.92. The van der Waals surface area contributed by atoms with E-state index < -0.39 is 10.0 Å². The van der Waals surface area contributed by atoms with Crippen LogP contribution in [-0.2, 0) is 14.8 Å². The van der Waals surface area contributed by atoms with Gasteiger partial charge in [0.2, 0.25) is 15.9 Å². The average Bonchev–Trinajstić information content (AvgIpc) is 3.38. The number of hydrogen-bond donors (Lipinski definition) is 2. The van der Waals surface area contributed by atoms with Gasteiger partial charge in [0, 0.05) is 29.5 Å². The first-order chi connectivity index (χ1) is 16.4. The van der Waals surface area contributed by atoms with E-state index in [1.54, 1.807) is 12.1 Å². The van der Waals surface area contributed by atoms with Crippen LogP contribution in [0.2, 0.25) is 0 Å². The molecule has 178 valence electrons. The minimum atomic E-state index is -3.36. The normalized spacial score (nSPS) is 15.0. The number of para-hydroxylation sites is 1. The second kappa shape index (κ2) is 10.7.